The maximum absolute atomic E-state index is 12.8. The predicted molar refractivity (Wildman–Crippen MR) is 113 cm³/mol. The molecular weight excluding hydrogens is 384 g/mol. The standard InChI is InChI=1S/C23H24N2O5/c1-2-3-4-5-14-30-19-12-6-16(7-13-19)15-20-21(27)24-23(29)25(22(20)28)17-8-10-18(26)11-9-17/h6-13,15,26H,2-5,14H2,1H3,(H,24,27,29)/b20-15-. The van der Waals surface area contributed by atoms with Gasteiger partial charge in [-0.1, -0.05) is 38.3 Å². The number of nitrogens with zero attached hydrogens (tertiary/aromatic N) is 1. The summed E-state index contributed by atoms with van der Waals surface area (Å²) < 4.78 is 5.70. The number of hydrogen-bond donors (Lipinski definition) is 2. The smallest absolute Gasteiger partial charge is 0.335 e. The molecule has 2 aromatic carbocycles. The van der Waals surface area contributed by atoms with Gasteiger partial charge in [-0.25, -0.2) is 9.69 Å². The minimum absolute atomic E-state index is 0.00290. The Hall–Kier alpha value is -3.61. The fourth-order valence-corrected chi connectivity index (χ4v) is 3.04. The summed E-state index contributed by atoms with van der Waals surface area (Å²) in [5.74, 6) is -0.765. The number of nitrogens with one attached hydrogen (secondary N) is 1. The van der Waals surface area contributed by atoms with Crippen LogP contribution in [0.3, 0.4) is 0 Å². The first-order valence-corrected chi connectivity index (χ1v) is 9.93. The van der Waals surface area contributed by atoms with E-state index in [1.807, 2.05) is 0 Å². The Morgan fingerprint density at radius 3 is 2.33 bits per heavy atom. The Kier molecular flexibility index (Phi) is 6.85. The monoisotopic (exact) mass is 408 g/mol. The van der Waals surface area contributed by atoms with Gasteiger partial charge >= 0.3 is 6.03 Å². The van der Waals surface area contributed by atoms with Crippen molar-refractivity contribution in [3.63, 3.8) is 0 Å². The first-order chi connectivity index (χ1) is 14.5. The van der Waals surface area contributed by atoms with E-state index >= 15 is 0 Å². The summed E-state index contributed by atoms with van der Waals surface area (Å²) in [6.07, 6.45) is 5.92. The maximum Gasteiger partial charge on any atom is 0.335 e. The molecule has 4 amide bonds. The van der Waals surface area contributed by atoms with E-state index in [1.54, 1.807) is 24.3 Å². The van der Waals surface area contributed by atoms with Gasteiger partial charge in [-0.05, 0) is 54.5 Å². The lowest BCUT2D eigenvalue weighted by Crippen LogP contribution is -2.54. The van der Waals surface area contributed by atoms with Crippen LogP contribution in [0.2, 0.25) is 0 Å². The molecule has 1 saturated heterocycles. The molecule has 1 aliphatic heterocycles. The van der Waals surface area contributed by atoms with E-state index in [2.05, 4.69) is 12.2 Å². The van der Waals surface area contributed by atoms with E-state index in [0.717, 1.165) is 17.7 Å². The van der Waals surface area contributed by atoms with Crippen molar-refractivity contribution in [2.75, 3.05) is 11.5 Å². The zero-order chi connectivity index (χ0) is 21.5. The summed E-state index contributed by atoms with van der Waals surface area (Å²) in [6, 6.07) is 11.8. The van der Waals surface area contributed by atoms with Crippen LogP contribution in [-0.4, -0.2) is 29.6 Å². The Balaban J connectivity index is 1.73. The van der Waals surface area contributed by atoms with Crippen molar-refractivity contribution in [1.29, 1.82) is 0 Å². The normalized spacial score (nSPS) is 15.4. The number of benzene rings is 2. The van der Waals surface area contributed by atoms with Crippen LogP contribution < -0.4 is 15.0 Å². The summed E-state index contributed by atoms with van der Waals surface area (Å²) >= 11 is 0. The van der Waals surface area contributed by atoms with E-state index in [0.29, 0.717) is 17.9 Å². The molecule has 156 valence electrons. The number of rotatable bonds is 8. The van der Waals surface area contributed by atoms with Gasteiger partial charge < -0.3 is 9.84 Å². The number of barbiturate groups is 1. The van der Waals surface area contributed by atoms with Crippen molar-refractivity contribution in [1.82, 2.24) is 5.32 Å². The van der Waals surface area contributed by atoms with Gasteiger partial charge in [-0.2, -0.15) is 0 Å². The summed E-state index contributed by atoms with van der Waals surface area (Å²) in [6.45, 7) is 2.80. The average Bonchev–Trinajstić information content (AvgIpc) is 2.73. The van der Waals surface area contributed by atoms with Crippen LogP contribution in [-0.2, 0) is 9.59 Å². The lowest BCUT2D eigenvalue weighted by atomic mass is 10.1. The summed E-state index contributed by atoms with van der Waals surface area (Å²) in [7, 11) is 0. The Bertz CT molecular complexity index is 949. The van der Waals surface area contributed by atoms with Crippen LogP contribution in [0.4, 0.5) is 10.5 Å². The second-order valence-corrected chi connectivity index (χ2v) is 6.95. The minimum Gasteiger partial charge on any atom is -0.508 e. The van der Waals surface area contributed by atoms with Crippen LogP contribution in [0.1, 0.15) is 38.2 Å². The molecule has 2 N–H and O–H groups in total. The summed E-state index contributed by atoms with van der Waals surface area (Å²) in [5, 5.41) is 11.6. The highest BCUT2D eigenvalue weighted by Crippen LogP contribution is 2.24. The molecular formula is C23H24N2O5. The van der Waals surface area contributed by atoms with E-state index in [1.165, 1.54) is 43.2 Å². The number of hydrogen-bond acceptors (Lipinski definition) is 5. The number of unbranched alkanes of at least 4 members (excludes halogenated alkanes) is 3. The molecule has 0 radical (unpaired) electrons. The van der Waals surface area contributed by atoms with Crippen molar-refractivity contribution < 1.29 is 24.2 Å². The second kappa shape index (κ2) is 9.73. The highest BCUT2D eigenvalue weighted by atomic mass is 16.5. The zero-order valence-corrected chi connectivity index (χ0v) is 16.8. The molecule has 1 heterocycles. The lowest BCUT2D eigenvalue weighted by Gasteiger charge is -2.26. The van der Waals surface area contributed by atoms with Crippen molar-refractivity contribution in [2.45, 2.75) is 32.6 Å². The number of carbonyl (C=O) groups excluding carboxylic acids is 3. The van der Waals surface area contributed by atoms with Gasteiger partial charge in [0.25, 0.3) is 11.8 Å². The molecule has 7 heteroatoms. The molecule has 0 saturated carbocycles. The topological polar surface area (TPSA) is 95.9 Å². The lowest BCUT2D eigenvalue weighted by molar-refractivity contribution is -0.122. The third-order valence-electron chi connectivity index (χ3n) is 4.67. The Labute approximate surface area is 175 Å². The minimum atomic E-state index is -0.834. The number of urea groups is 1. The molecule has 0 aliphatic carbocycles. The first-order valence-electron chi connectivity index (χ1n) is 9.93. The number of amides is 4. The zero-order valence-electron chi connectivity index (χ0n) is 16.8. The van der Waals surface area contributed by atoms with Crippen molar-refractivity contribution in [2.24, 2.45) is 0 Å². The molecule has 0 spiro atoms. The number of imide groups is 2. The molecule has 0 aromatic heterocycles. The molecule has 0 atom stereocenters. The SMILES string of the molecule is CCCCCCOc1ccc(/C=C2/C(=O)NC(=O)N(c3ccc(O)cc3)C2=O)cc1. The van der Waals surface area contributed by atoms with Crippen molar-refractivity contribution >= 4 is 29.6 Å². The first kappa shape index (κ1) is 21.1. The number of ether oxygens (including phenoxy) is 1. The number of aromatic hydroxyl groups is 1. The van der Waals surface area contributed by atoms with Gasteiger partial charge in [0, 0.05) is 0 Å². The van der Waals surface area contributed by atoms with Crippen LogP contribution in [0.15, 0.2) is 54.1 Å². The third kappa shape index (κ3) is 5.05. The fourth-order valence-electron chi connectivity index (χ4n) is 3.04. The van der Waals surface area contributed by atoms with Gasteiger partial charge in [0.05, 0.1) is 12.3 Å². The highest BCUT2D eigenvalue weighted by molar-refractivity contribution is 6.39. The Morgan fingerprint density at radius 1 is 0.967 bits per heavy atom. The molecule has 0 unspecified atom stereocenters. The van der Waals surface area contributed by atoms with E-state index in [-0.39, 0.29) is 17.0 Å². The molecule has 1 fully saturated rings. The number of anilines is 1. The highest BCUT2D eigenvalue weighted by Gasteiger charge is 2.36. The van der Waals surface area contributed by atoms with Gasteiger partial charge in [-0.15, -0.1) is 0 Å². The molecule has 30 heavy (non-hydrogen) atoms. The van der Waals surface area contributed by atoms with Crippen LogP contribution >= 0.6 is 0 Å². The van der Waals surface area contributed by atoms with E-state index < -0.39 is 17.8 Å². The molecule has 3 rings (SSSR count). The predicted octanol–water partition coefficient (Wildman–Crippen LogP) is 4.02. The third-order valence-corrected chi connectivity index (χ3v) is 4.67. The molecule has 2 aromatic rings. The molecule has 1 aliphatic rings. The number of carbonyl (C=O) groups is 3. The van der Waals surface area contributed by atoms with E-state index in [9.17, 15) is 19.5 Å². The van der Waals surface area contributed by atoms with Crippen molar-refractivity contribution in [3.05, 3.63) is 59.7 Å². The van der Waals surface area contributed by atoms with Gasteiger partial charge in [0.15, 0.2) is 0 Å². The second-order valence-electron chi connectivity index (χ2n) is 6.95. The molecule has 7 nitrogen and oxygen atoms in total. The summed E-state index contributed by atoms with van der Waals surface area (Å²) in [4.78, 5) is 38.1. The molecule has 0 bridgehead atoms. The van der Waals surface area contributed by atoms with Crippen LogP contribution in [0.5, 0.6) is 11.5 Å². The van der Waals surface area contributed by atoms with Gasteiger partial charge in [0.2, 0.25) is 0 Å². The average molecular weight is 408 g/mol. The fraction of sp³-hybridized carbons (Fsp3) is 0.261. The largest absolute Gasteiger partial charge is 0.508 e. The quantitative estimate of drug-likeness (QED) is 0.391. The maximum atomic E-state index is 12.8. The van der Waals surface area contributed by atoms with Crippen LogP contribution in [0.25, 0.3) is 6.08 Å². The summed E-state index contributed by atoms with van der Waals surface area (Å²) in [5.41, 5.74) is 0.725. The van der Waals surface area contributed by atoms with Crippen LogP contribution in [0, 0.1) is 0 Å². The van der Waals surface area contributed by atoms with Gasteiger partial charge in [0.1, 0.15) is 17.1 Å². The van der Waals surface area contributed by atoms with Crippen molar-refractivity contribution in [3.8, 4) is 11.5 Å². The number of phenolic OH excluding ortho intramolecular Hbond substituents is 1. The van der Waals surface area contributed by atoms with E-state index in [4.69, 9.17) is 4.74 Å². The van der Waals surface area contributed by atoms with Gasteiger partial charge in [-0.3, -0.25) is 14.9 Å². The number of phenols is 1. The Morgan fingerprint density at radius 2 is 1.67 bits per heavy atom.